The zero-order valence-electron chi connectivity index (χ0n) is 8.36. The zero-order valence-corrected chi connectivity index (χ0v) is 8.36. The predicted octanol–water partition coefficient (Wildman–Crippen LogP) is 2.76. The summed E-state index contributed by atoms with van der Waals surface area (Å²) in [6.45, 7) is 4.12. The maximum Gasteiger partial charge on any atom is 0.0958 e. The number of benzene rings is 1. The van der Waals surface area contributed by atoms with E-state index in [1.165, 1.54) is 5.56 Å². The van der Waals surface area contributed by atoms with E-state index < -0.39 is 0 Å². The van der Waals surface area contributed by atoms with Gasteiger partial charge in [-0.05, 0) is 25.5 Å². The van der Waals surface area contributed by atoms with Crippen molar-refractivity contribution in [2.75, 3.05) is 0 Å². The van der Waals surface area contributed by atoms with Crippen molar-refractivity contribution in [1.29, 1.82) is 0 Å². The van der Waals surface area contributed by atoms with Crippen LogP contribution in [0.3, 0.4) is 0 Å². The molecule has 0 unspecified atom stereocenters. The van der Waals surface area contributed by atoms with E-state index in [1.807, 2.05) is 13.0 Å². The zero-order chi connectivity index (χ0) is 9.97. The highest BCUT2D eigenvalue weighted by atomic mass is 15.1. The Labute approximate surface area is 83.6 Å². The molecule has 2 aromatic rings. The minimum Gasteiger partial charge on any atom is -0.159 e. The Morgan fingerprint density at radius 2 is 1.64 bits per heavy atom. The largest absolute Gasteiger partial charge is 0.159 e. The van der Waals surface area contributed by atoms with Crippen molar-refractivity contribution in [3.8, 4) is 11.3 Å². The molecular weight excluding hydrogens is 172 g/mol. The van der Waals surface area contributed by atoms with Crippen molar-refractivity contribution in [3.05, 3.63) is 47.7 Å². The first-order valence-corrected chi connectivity index (χ1v) is 4.63. The SMILES string of the molecule is Cc1ccc(-c2nnccc2C)cc1. The molecule has 0 aliphatic heterocycles. The summed E-state index contributed by atoms with van der Waals surface area (Å²) in [6, 6.07) is 10.3. The Balaban J connectivity index is 2.50. The quantitative estimate of drug-likeness (QED) is 0.681. The van der Waals surface area contributed by atoms with Crippen molar-refractivity contribution in [2.45, 2.75) is 13.8 Å². The minimum absolute atomic E-state index is 0.965. The smallest absolute Gasteiger partial charge is 0.0958 e. The van der Waals surface area contributed by atoms with Crippen LogP contribution in [0, 0.1) is 13.8 Å². The number of hydrogen-bond donors (Lipinski definition) is 0. The van der Waals surface area contributed by atoms with E-state index in [0.717, 1.165) is 16.8 Å². The standard InChI is InChI=1S/C12H12N2/c1-9-3-5-11(6-4-9)12-10(2)7-8-13-14-12/h3-8H,1-2H3. The number of nitrogens with zero attached hydrogens (tertiary/aromatic N) is 2. The van der Waals surface area contributed by atoms with Gasteiger partial charge in [0.2, 0.25) is 0 Å². The van der Waals surface area contributed by atoms with Crippen LogP contribution in [-0.4, -0.2) is 10.2 Å². The van der Waals surface area contributed by atoms with Gasteiger partial charge in [0.1, 0.15) is 0 Å². The summed E-state index contributed by atoms with van der Waals surface area (Å²) in [7, 11) is 0. The van der Waals surface area contributed by atoms with Gasteiger partial charge in [0.15, 0.2) is 0 Å². The number of rotatable bonds is 1. The van der Waals surface area contributed by atoms with Crippen LogP contribution in [0.1, 0.15) is 11.1 Å². The van der Waals surface area contributed by atoms with Gasteiger partial charge in [0.25, 0.3) is 0 Å². The van der Waals surface area contributed by atoms with Crippen LogP contribution in [0.25, 0.3) is 11.3 Å². The second-order valence-electron chi connectivity index (χ2n) is 3.43. The molecule has 0 bridgehead atoms. The van der Waals surface area contributed by atoms with Gasteiger partial charge in [0, 0.05) is 11.8 Å². The van der Waals surface area contributed by atoms with Gasteiger partial charge in [-0.1, -0.05) is 29.8 Å². The van der Waals surface area contributed by atoms with E-state index >= 15 is 0 Å². The van der Waals surface area contributed by atoms with Crippen LogP contribution < -0.4 is 0 Å². The van der Waals surface area contributed by atoms with Crippen LogP contribution in [0.5, 0.6) is 0 Å². The molecule has 14 heavy (non-hydrogen) atoms. The van der Waals surface area contributed by atoms with Gasteiger partial charge in [-0.15, -0.1) is 0 Å². The fourth-order valence-electron chi connectivity index (χ4n) is 1.39. The number of hydrogen-bond acceptors (Lipinski definition) is 2. The average molecular weight is 184 g/mol. The Morgan fingerprint density at radius 3 is 2.29 bits per heavy atom. The van der Waals surface area contributed by atoms with E-state index in [9.17, 15) is 0 Å². The topological polar surface area (TPSA) is 25.8 Å². The fraction of sp³-hybridized carbons (Fsp3) is 0.167. The third-order valence-corrected chi connectivity index (χ3v) is 2.25. The lowest BCUT2D eigenvalue weighted by Gasteiger charge is -2.03. The summed E-state index contributed by atoms with van der Waals surface area (Å²) in [5.74, 6) is 0. The summed E-state index contributed by atoms with van der Waals surface area (Å²) >= 11 is 0. The fourth-order valence-corrected chi connectivity index (χ4v) is 1.39. The van der Waals surface area contributed by atoms with Crippen molar-refractivity contribution >= 4 is 0 Å². The van der Waals surface area contributed by atoms with Crippen LogP contribution >= 0.6 is 0 Å². The molecule has 0 amide bonds. The summed E-state index contributed by atoms with van der Waals surface area (Å²) in [5.41, 5.74) is 4.51. The van der Waals surface area contributed by atoms with Crippen molar-refractivity contribution in [1.82, 2.24) is 10.2 Å². The first-order valence-electron chi connectivity index (χ1n) is 4.63. The highest BCUT2D eigenvalue weighted by Crippen LogP contribution is 2.19. The average Bonchev–Trinajstić information content (AvgIpc) is 2.20. The van der Waals surface area contributed by atoms with E-state index in [4.69, 9.17) is 0 Å². The third kappa shape index (κ3) is 1.64. The lowest BCUT2D eigenvalue weighted by molar-refractivity contribution is 1.02. The normalized spacial score (nSPS) is 10.1. The highest BCUT2D eigenvalue weighted by Gasteiger charge is 2.01. The molecule has 1 heterocycles. The van der Waals surface area contributed by atoms with Gasteiger partial charge < -0.3 is 0 Å². The molecule has 0 saturated heterocycles. The predicted molar refractivity (Wildman–Crippen MR) is 56.9 cm³/mol. The summed E-state index contributed by atoms with van der Waals surface area (Å²) in [4.78, 5) is 0. The maximum atomic E-state index is 4.13. The monoisotopic (exact) mass is 184 g/mol. The van der Waals surface area contributed by atoms with E-state index in [-0.39, 0.29) is 0 Å². The molecule has 1 aromatic carbocycles. The lowest BCUT2D eigenvalue weighted by atomic mass is 10.1. The number of aromatic nitrogens is 2. The van der Waals surface area contributed by atoms with Gasteiger partial charge in [0.05, 0.1) is 5.69 Å². The van der Waals surface area contributed by atoms with Crippen molar-refractivity contribution in [2.24, 2.45) is 0 Å². The second kappa shape index (κ2) is 3.58. The second-order valence-corrected chi connectivity index (χ2v) is 3.43. The van der Waals surface area contributed by atoms with Crippen LogP contribution in [0.2, 0.25) is 0 Å². The lowest BCUT2D eigenvalue weighted by Crippen LogP contribution is -1.90. The Kier molecular flexibility index (Phi) is 2.27. The van der Waals surface area contributed by atoms with Crippen molar-refractivity contribution in [3.63, 3.8) is 0 Å². The highest BCUT2D eigenvalue weighted by molar-refractivity contribution is 5.62. The Morgan fingerprint density at radius 1 is 0.929 bits per heavy atom. The molecule has 0 N–H and O–H groups in total. The Hall–Kier alpha value is -1.70. The van der Waals surface area contributed by atoms with Gasteiger partial charge >= 0.3 is 0 Å². The number of aryl methyl sites for hydroxylation is 2. The molecule has 1 aromatic heterocycles. The van der Waals surface area contributed by atoms with Crippen molar-refractivity contribution < 1.29 is 0 Å². The maximum absolute atomic E-state index is 4.13. The molecule has 0 saturated carbocycles. The molecule has 0 radical (unpaired) electrons. The molecule has 70 valence electrons. The molecule has 2 rings (SSSR count). The van der Waals surface area contributed by atoms with Gasteiger partial charge in [-0.25, -0.2) is 0 Å². The van der Waals surface area contributed by atoms with Gasteiger partial charge in [-0.2, -0.15) is 10.2 Å². The summed E-state index contributed by atoms with van der Waals surface area (Å²) < 4.78 is 0. The molecule has 0 aliphatic rings. The van der Waals surface area contributed by atoms with Crippen LogP contribution in [-0.2, 0) is 0 Å². The van der Waals surface area contributed by atoms with Gasteiger partial charge in [-0.3, -0.25) is 0 Å². The third-order valence-electron chi connectivity index (χ3n) is 2.25. The minimum atomic E-state index is 0.965. The Bertz CT molecular complexity index is 432. The first-order chi connectivity index (χ1) is 6.77. The van der Waals surface area contributed by atoms with Crippen LogP contribution in [0.4, 0.5) is 0 Å². The molecule has 2 heteroatoms. The molecule has 0 atom stereocenters. The first kappa shape index (κ1) is 8.88. The molecule has 0 aliphatic carbocycles. The molecule has 0 fully saturated rings. The van der Waals surface area contributed by atoms with E-state index in [0.29, 0.717) is 0 Å². The van der Waals surface area contributed by atoms with Crippen LogP contribution in [0.15, 0.2) is 36.5 Å². The van der Waals surface area contributed by atoms with E-state index in [1.54, 1.807) is 6.20 Å². The molecule has 0 spiro atoms. The molecule has 2 nitrogen and oxygen atoms in total. The summed E-state index contributed by atoms with van der Waals surface area (Å²) in [6.07, 6.45) is 1.72. The van der Waals surface area contributed by atoms with E-state index in [2.05, 4.69) is 41.4 Å². The molecular formula is C12H12N2. The summed E-state index contributed by atoms with van der Waals surface area (Å²) in [5, 5.41) is 8.02.